The highest BCUT2D eigenvalue weighted by Crippen LogP contribution is 2.47. The van der Waals surface area contributed by atoms with Crippen LogP contribution in [0.5, 0.6) is 5.75 Å². The highest BCUT2D eigenvalue weighted by Gasteiger charge is 2.49. The molecule has 1 aromatic heterocycles. The predicted octanol–water partition coefficient (Wildman–Crippen LogP) is 4.45. The van der Waals surface area contributed by atoms with E-state index < -0.39 is 40.1 Å². The molecule has 5 rings (SSSR count). The Bertz CT molecular complexity index is 1440. The second kappa shape index (κ2) is 10.8. The van der Waals surface area contributed by atoms with Crippen LogP contribution in [0.3, 0.4) is 0 Å². The van der Waals surface area contributed by atoms with Crippen LogP contribution < -0.4 is 9.04 Å². The number of anilines is 1. The number of carboxylic acids is 1. The van der Waals surface area contributed by atoms with Gasteiger partial charge < -0.3 is 14.6 Å². The van der Waals surface area contributed by atoms with Crippen LogP contribution in [0.25, 0.3) is 0 Å². The van der Waals surface area contributed by atoms with Gasteiger partial charge in [0.2, 0.25) is 10.0 Å². The minimum absolute atomic E-state index is 0.00951. The lowest BCUT2D eigenvalue weighted by atomic mass is 10.1. The maximum Gasteiger partial charge on any atom is 0.412 e. The van der Waals surface area contributed by atoms with E-state index in [0.29, 0.717) is 29.8 Å². The molecule has 3 aromatic rings. The van der Waals surface area contributed by atoms with Crippen LogP contribution in [0.15, 0.2) is 54.0 Å². The van der Waals surface area contributed by atoms with Gasteiger partial charge in [-0.3, -0.25) is 4.90 Å². The fourth-order valence-corrected chi connectivity index (χ4v) is 7.39. The average molecular weight is 578 g/mol. The van der Waals surface area contributed by atoms with Crippen molar-refractivity contribution in [2.24, 2.45) is 0 Å². The van der Waals surface area contributed by atoms with Gasteiger partial charge in [-0.15, -0.1) is 11.3 Å². The number of hydrogen-bond acceptors (Lipinski definition) is 8. The molecule has 10 nitrogen and oxygen atoms in total. The van der Waals surface area contributed by atoms with Crippen LogP contribution in [-0.4, -0.2) is 53.9 Å². The SMILES string of the molecule is O=C(O)COc1ccc(Cl)cc1N(C1c2scnc2CCN1C(=O)OCc1ccccc1)S(=O)(=O)C1CC1. The van der Waals surface area contributed by atoms with Gasteiger partial charge in [0, 0.05) is 18.0 Å². The van der Waals surface area contributed by atoms with E-state index in [0.717, 1.165) is 9.87 Å². The second-order valence-corrected chi connectivity index (χ2v) is 12.3. The second-order valence-electron chi connectivity index (χ2n) is 8.86. The molecule has 1 aliphatic heterocycles. The van der Waals surface area contributed by atoms with E-state index in [1.165, 1.54) is 34.4 Å². The summed E-state index contributed by atoms with van der Waals surface area (Å²) >= 11 is 7.53. The van der Waals surface area contributed by atoms with Crippen molar-refractivity contribution in [3.05, 3.63) is 75.2 Å². The molecule has 1 unspecified atom stereocenters. The van der Waals surface area contributed by atoms with E-state index in [2.05, 4.69) is 4.98 Å². The Morgan fingerprint density at radius 2 is 1.95 bits per heavy atom. The number of carbonyl (C=O) groups is 2. The van der Waals surface area contributed by atoms with Gasteiger partial charge in [0.15, 0.2) is 12.8 Å². The molecular formula is C25H24ClN3O7S2. The van der Waals surface area contributed by atoms with Crippen molar-refractivity contribution >= 4 is 50.7 Å². The Kier molecular flexibility index (Phi) is 7.46. The number of ether oxygens (including phenoxy) is 2. The van der Waals surface area contributed by atoms with Gasteiger partial charge in [-0.1, -0.05) is 41.9 Å². The molecule has 0 radical (unpaired) electrons. The van der Waals surface area contributed by atoms with Crippen LogP contribution in [-0.2, 0) is 32.6 Å². The molecule has 1 fully saturated rings. The first kappa shape index (κ1) is 26.3. The molecule has 200 valence electrons. The first-order chi connectivity index (χ1) is 18.3. The topological polar surface area (TPSA) is 126 Å². The van der Waals surface area contributed by atoms with Crippen molar-refractivity contribution in [2.45, 2.75) is 37.3 Å². The smallest absolute Gasteiger partial charge is 0.412 e. The predicted molar refractivity (Wildman–Crippen MR) is 141 cm³/mol. The van der Waals surface area contributed by atoms with Crippen molar-refractivity contribution in [3.8, 4) is 5.75 Å². The quantitative estimate of drug-likeness (QED) is 0.395. The van der Waals surface area contributed by atoms with E-state index >= 15 is 0 Å². The van der Waals surface area contributed by atoms with E-state index in [1.807, 2.05) is 30.3 Å². The fraction of sp³-hybridized carbons (Fsp3) is 0.320. The summed E-state index contributed by atoms with van der Waals surface area (Å²) in [4.78, 5) is 31.0. The third-order valence-corrected chi connectivity index (χ3v) is 9.59. The van der Waals surface area contributed by atoms with Gasteiger partial charge in [-0.25, -0.2) is 27.3 Å². The van der Waals surface area contributed by atoms with Crippen LogP contribution in [0, 0.1) is 0 Å². The Balaban J connectivity index is 1.59. The van der Waals surface area contributed by atoms with Crippen molar-refractivity contribution in [3.63, 3.8) is 0 Å². The molecule has 2 aliphatic rings. The van der Waals surface area contributed by atoms with Crippen molar-refractivity contribution < 1.29 is 32.6 Å². The zero-order valence-corrected chi connectivity index (χ0v) is 22.4. The van der Waals surface area contributed by atoms with Crippen LogP contribution in [0.4, 0.5) is 10.5 Å². The summed E-state index contributed by atoms with van der Waals surface area (Å²) in [7, 11) is -4.04. The van der Waals surface area contributed by atoms with Crippen molar-refractivity contribution in [1.82, 2.24) is 9.88 Å². The lowest BCUT2D eigenvalue weighted by molar-refractivity contribution is -0.139. The van der Waals surface area contributed by atoms with E-state index in [1.54, 1.807) is 5.51 Å². The largest absolute Gasteiger partial charge is 0.480 e. The normalized spacial score (nSPS) is 17.0. The molecule has 1 amide bonds. The molecule has 0 saturated heterocycles. The maximum atomic E-state index is 14.0. The number of nitrogens with zero attached hydrogens (tertiary/aromatic N) is 3. The number of halogens is 1. The number of fused-ring (bicyclic) bond motifs is 1. The van der Waals surface area contributed by atoms with E-state index in [-0.39, 0.29) is 29.6 Å². The summed E-state index contributed by atoms with van der Waals surface area (Å²) in [5, 5.41) is 8.74. The third-order valence-electron chi connectivity index (χ3n) is 6.18. The summed E-state index contributed by atoms with van der Waals surface area (Å²) in [6, 6.07) is 13.5. The monoisotopic (exact) mass is 577 g/mol. The van der Waals surface area contributed by atoms with Crippen molar-refractivity contribution in [1.29, 1.82) is 0 Å². The number of hydrogen-bond donors (Lipinski definition) is 1. The molecule has 2 aromatic carbocycles. The molecule has 1 saturated carbocycles. The standard InChI is InChI=1S/C25H24ClN3O7S2/c26-17-6-9-21(35-14-22(30)31)20(12-17)29(38(33,34)18-7-8-18)24-23-19(27-15-37-23)10-11-28(24)25(32)36-13-16-4-2-1-3-5-16/h1-6,9,12,15,18,24H,7-8,10-11,13-14H2,(H,30,31). The number of benzene rings is 2. The minimum atomic E-state index is -4.04. The summed E-state index contributed by atoms with van der Waals surface area (Å²) in [6.07, 6.45) is -0.461. The molecular weight excluding hydrogens is 554 g/mol. The number of carbonyl (C=O) groups excluding carboxylic acids is 1. The van der Waals surface area contributed by atoms with Gasteiger partial charge >= 0.3 is 12.1 Å². The zero-order chi connectivity index (χ0) is 26.9. The minimum Gasteiger partial charge on any atom is -0.480 e. The van der Waals surface area contributed by atoms with Gasteiger partial charge in [0.1, 0.15) is 12.4 Å². The highest BCUT2D eigenvalue weighted by atomic mass is 35.5. The van der Waals surface area contributed by atoms with Crippen LogP contribution in [0.1, 0.15) is 35.1 Å². The summed E-state index contributed by atoms with van der Waals surface area (Å²) in [6.45, 7) is -0.513. The molecule has 2 heterocycles. The van der Waals surface area contributed by atoms with Crippen LogP contribution in [0.2, 0.25) is 5.02 Å². The van der Waals surface area contributed by atoms with Gasteiger partial charge in [0.25, 0.3) is 0 Å². The fourth-order valence-electron chi connectivity index (χ4n) is 4.25. The summed E-state index contributed by atoms with van der Waals surface area (Å²) in [5.74, 6) is -1.22. The third kappa shape index (κ3) is 5.42. The Hall–Kier alpha value is -3.35. The molecule has 0 bridgehead atoms. The zero-order valence-electron chi connectivity index (χ0n) is 20.0. The number of thiazole rings is 1. The highest BCUT2D eigenvalue weighted by molar-refractivity contribution is 7.93. The molecule has 13 heteroatoms. The molecule has 1 N–H and O–H groups in total. The maximum absolute atomic E-state index is 14.0. The van der Waals surface area contributed by atoms with Crippen molar-refractivity contribution in [2.75, 3.05) is 17.5 Å². The number of carboxylic acid groups (broad SMARTS) is 1. The van der Waals surface area contributed by atoms with E-state index in [4.69, 9.17) is 21.1 Å². The average Bonchev–Trinajstić information content (AvgIpc) is 3.66. The number of aromatic nitrogens is 1. The van der Waals surface area contributed by atoms with Gasteiger partial charge in [0.05, 0.1) is 27.0 Å². The Morgan fingerprint density at radius 3 is 2.66 bits per heavy atom. The number of sulfonamides is 1. The van der Waals surface area contributed by atoms with Gasteiger partial charge in [-0.2, -0.15) is 0 Å². The van der Waals surface area contributed by atoms with E-state index in [9.17, 15) is 23.1 Å². The Labute approximate surface area is 228 Å². The molecule has 38 heavy (non-hydrogen) atoms. The molecule has 1 aliphatic carbocycles. The summed E-state index contributed by atoms with van der Waals surface area (Å²) < 4.78 is 40.2. The number of amides is 1. The molecule has 0 spiro atoms. The first-order valence-electron chi connectivity index (χ1n) is 11.8. The van der Waals surface area contributed by atoms with Gasteiger partial charge in [-0.05, 0) is 36.6 Å². The summed E-state index contributed by atoms with van der Waals surface area (Å²) in [5.41, 5.74) is 3.11. The lowest BCUT2D eigenvalue weighted by Crippen LogP contribution is -2.51. The molecule has 1 atom stereocenters. The Morgan fingerprint density at radius 1 is 1.18 bits per heavy atom. The lowest BCUT2D eigenvalue weighted by Gasteiger charge is -2.41. The number of rotatable bonds is 9. The first-order valence-corrected chi connectivity index (χ1v) is 14.6. The van der Waals surface area contributed by atoms with Crippen LogP contribution >= 0.6 is 22.9 Å². The number of aliphatic carboxylic acids is 1.